The zero-order chi connectivity index (χ0) is 15.5. The number of halogens is 1. The molecule has 0 saturated carbocycles. The van der Waals surface area contributed by atoms with E-state index in [1.807, 2.05) is 12.1 Å². The third kappa shape index (κ3) is 4.95. The van der Waals surface area contributed by atoms with E-state index in [0.717, 1.165) is 33.0 Å². The predicted molar refractivity (Wildman–Crippen MR) is 91.5 cm³/mol. The van der Waals surface area contributed by atoms with Crippen molar-refractivity contribution in [2.75, 3.05) is 0 Å². The van der Waals surface area contributed by atoms with E-state index in [1.165, 1.54) is 17.1 Å². The normalized spacial score (nSPS) is 11.9. The van der Waals surface area contributed by atoms with Crippen LogP contribution in [0.5, 0.6) is 0 Å². The van der Waals surface area contributed by atoms with Gasteiger partial charge in [-0.05, 0) is 43.9 Å². The van der Waals surface area contributed by atoms with E-state index in [4.69, 9.17) is 11.6 Å². The lowest BCUT2D eigenvalue weighted by Gasteiger charge is -2.21. The van der Waals surface area contributed by atoms with Gasteiger partial charge in [0.05, 0.1) is 5.02 Å². The molecule has 0 atom stereocenters. The highest BCUT2D eigenvalue weighted by Gasteiger charge is 2.14. The first-order valence-electron chi connectivity index (χ1n) is 6.92. The van der Waals surface area contributed by atoms with Gasteiger partial charge in [0.15, 0.2) is 4.34 Å². The van der Waals surface area contributed by atoms with Gasteiger partial charge in [-0.25, -0.2) is 4.98 Å². The molecule has 1 heterocycles. The minimum atomic E-state index is 0.0718. The summed E-state index contributed by atoms with van der Waals surface area (Å²) in [5, 5.41) is 4.27. The molecule has 0 saturated heterocycles. The molecule has 0 radical (unpaired) electrons. The van der Waals surface area contributed by atoms with Crippen LogP contribution in [-0.4, -0.2) is 14.9 Å². The van der Waals surface area contributed by atoms with Crippen LogP contribution in [0.4, 0.5) is 0 Å². The van der Waals surface area contributed by atoms with Gasteiger partial charge in [0.1, 0.15) is 5.82 Å². The number of aryl methyl sites for hydroxylation is 1. The van der Waals surface area contributed by atoms with Gasteiger partial charge in [-0.1, -0.05) is 42.4 Å². The number of aromatic nitrogens is 2. The average Bonchev–Trinajstić information content (AvgIpc) is 2.86. The van der Waals surface area contributed by atoms with E-state index < -0.39 is 0 Å². The summed E-state index contributed by atoms with van der Waals surface area (Å²) in [5.41, 5.74) is 1.26. The van der Waals surface area contributed by atoms with Crippen LogP contribution in [-0.2, 0) is 13.0 Å². The summed E-state index contributed by atoms with van der Waals surface area (Å²) in [6, 6.07) is 6.02. The molecule has 0 aliphatic carbocycles. The number of hydrogen-bond acceptors (Lipinski definition) is 5. The van der Waals surface area contributed by atoms with E-state index in [1.54, 1.807) is 11.8 Å². The molecule has 0 amide bonds. The summed E-state index contributed by atoms with van der Waals surface area (Å²) in [6.45, 7) is 9.31. The fourth-order valence-corrected chi connectivity index (χ4v) is 3.76. The quantitative estimate of drug-likeness (QED) is 0.848. The van der Waals surface area contributed by atoms with E-state index in [0.29, 0.717) is 0 Å². The molecule has 0 aliphatic heterocycles. The second kappa shape index (κ2) is 7.09. The summed E-state index contributed by atoms with van der Waals surface area (Å²) >= 11 is 9.41. The SMILES string of the molecule is CCc1nsc(Sc2c(Cl)cccc2CNC(C)(C)C)n1. The molecule has 2 aromatic rings. The molecule has 0 aliphatic rings. The molecule has 0 bridgehead atoms. The third-order valence-corrected chi connectivity index (χ3v) is 5.22. The van der Waals surface area contributed by atoms with Gasteiger partial charge in [-0.2, -0.15) is 4.37 Å². The van der Waals surface area contributed by atoms with E-state index in [-0.39, 0.29) is 5.54 Å². The maximum atomic E-state index is 6.38. The Balaban J connectivity index is 2.21. The van der Waals surface area contributed by atoms with E-state index in [2.05, 4.69) is 48.4 Å². The zero-order valence-corrected chi connectivity index (χ0v) is 15.1. The smallest absolute Gasteiger partial charge is 0.174 e. The van der Waals surface area contributed by atoms with Crippen molar-refractivity contribution >= 4 is 34.9 Å². The Bertz CT molecular complexity index is 605. The molecular weight excluding hydrogens is 322 g/mol. The van der Waals surface area contributed by atoms with E-state index >= 15 is 0 Å². The monoisotopic (exact) mass is 341 g/mol. The minimum Gasteiger partial charge on any atom is -0.308 e. The lowest BCUT2D eigenvalue weighted by Crippen LogP contribution is -2.35. The van der Waals surface area contributed by atoms with Crippen LogP contribution in [0.3, 0.4) is 0 Å². The number of benzene rings is 1. The van der Waals surface area contributed by atoms with Crippen molar-refractivity contribution in [2.24, 2.45) is 0 Å². The maximum Gasteiger partial charge on any atom is 0.174 e. The number of hydrogen-bond donors (Lipinski definition) is 1. The van der Waals surface area contributed by atoms with Crippen molar-refractivity contribution in [3.63, 3.8) is 0 Å². The molecule has 0 fully saturated rings. The number of rotatable bonds is 5. The number of nitrogens with zero attached hydrogens (tertiary/aromatic N) is 2. The van der Waals surface area contributed by atoms with Crippen molar-refractivity contribution < 1.29 is 0 Å². The molecule has 6 heteroatoms. The summed E-state index contributed by atoms with van der Waals surface area (Å²) in [5.74, 6) is 0.893. The summed E-state index contributed by atoms with van der Waals surface area (Å²) in [6.07, 6.45) is 0.859. The van der Waals surface area contributed by atoms with Gasteiger partial charge >= 0.3 is 0 Å². The summed E-state index contributed by atoms with van der Waals surface area (Å²) in [4.78, 5) is 5.57. The van der Waals surface area contributed by atoms with Crippen LogP contribution in [0, 0.1) is 0 Å². The first-order chi connectivity index (χ1) is 9.89. The molecule has 0 unspecified atom stereocenters. The lowest BCUT2D eigenvalue weighted by molar-refractivity contribution is 0.422. The standard InChI is InChI=1S/C15H20ClN3S2/c1-5-12-18-14(21-19-12)20-13-10(7-6-8-11(13)16)9-17-15(2,3)4/h6-8,17H,5,9H2,1-4H3. The third-order valence-electron chi connectivity index (χ3n) is 2.81. The fraction of sp³-hybridized carbons (Fsp3) is 0.467. The van der Waals surface area contributed by atoms with Crippen LogP contribution in [0.15, 0.2) is 27.4 Å². The fourth-order valence-electron chi connectivity index (χ4n) is 1.68. The Morgan fingerprint density at radius 3 is 2.71 bits per heavy atom. The first-order valence-corrected chi connectivity index (χ1v) is 8.88. The second-order valence-corrected chi connectivity index (χ2v) is 8.18. The Morgan fingerprint density at radius 2 is 2.10 bits per heavy atom. The molecule has 3 nitrogen and oxygen atoms in total. The second-order valence-electron chi connectivity index (χ2n) is 5.76. The topological polar surface area (TPSA) is 37.8 Å². The molecular formula is C15H20ClN3S2. The van der Waals surface area contributed by atoms with Crippen LogP contribution in [0.1, 0.15) is 39.1 Å². The largest absolute Gasteiger partial charge is 0.308 e. The highest BCUT2D eigenvalue weighted by atomic mass is 35.5. The van der Waals surface area contributed by atoms with Gasteiger partial charge in [0.2, 0.25) is 0 Å². The predicted octanol–water partition coefficient (Wildman–Crippen LogP) is 4.79. The Hall–Kier alpha value is -0.620. The van der Waals surface area contributed by atoms with E-state index in [9.17, 15) is 0 Å². The highest BCUT2D eigenvalue weighted by molar-refractivity contribution is 8.01. The molecule has 1 aromatic heterocycles. The van der Waals surface area contributed by atoms with Crippen molar-refractivity contribution in [1.29, 1.82) is 0 Å². The van der Waals surface area contributed by atoms with Crippen molar-refractivity contribution in [3.05, 3.63) is 34.6 Å². The van der Waals surface area contributed by atoms with Crippen molar-refractivity contribution in [3.8, 4) is 0 Å². The van der Waals surface area contributed by atoms with Crippen LogP contribution >= 0.6 is 34.9 Å². The Labute approximate surface area is 139 Å². The lowest BCUT2D eigenvalue weighted by atomic mass is 10.1. The average molecular weight is 342 g/mol. The zero-order valence-electron chi connectivity index (χ0n) is 12.7. The minimum absolute atomic E-state index is 0.0718. The van der Waals surface area contributed by atoms with Gasteiger partial charge < -0.3 is 5.32 Å². The summed E-state index contributed by atoms with van der Waals surface area (Å²) in [7, 11) is 0. The Kier molecular flexibility index (Phi) is 5.66. The number of nitrogens with one attached hydrogen (secondary N) is 1. The maximum absolute atomic E-state index is 6.38. The van der Waals surface area contributed by atoms with Crippen LogP contribution in [0.2, 0.25) is 5.02 Å². The van der Waals surface area contributed by atoms with Gasteiger partial charge in [0.25, 0.3) is 0 Å². The summed E-state index contributed by atoms with van der Waals surface area (Å²) < 4.78 is 5.27. The molecule has 1 aromatic carbocycles. The van der Waals surface area contributed by atoms with Crippen LogP contribution < -0.4 is 5.32 Å². The van der Waals surface area contributed by atoms with Gasteiger partial charge in [-0.3, -0.25) is 0 Å². The van der Waals surface area contributed by atoms with Crippen molar-refractivity contribution in [2.45, 2.75) is 55.4 Å². The first kappa shape index (κ1) is 16.7. The van der Waals surface area contributed by atoms with Gasteiger partial charge in [0, 0.05) is 23.4 Å². The highest BCUT2D eigenvalue weighted by Crippen LogP contribution is 2.37. The van der Waals surface area contributed by atoms with Gasteiger partial charge in [-0.15, -0.1) is 0 Å². The molecule has 21 heavy (non-hydrogen) atoms. The molecule has 0 spiro atoms. The van der Waals surface area contributed by atoms with Crippen LogP contribution in [0.25, 0.3) is 0 Å². The molecule has 114 valence electrons. The van der Waals surface area contributed by atoms with Crippen molar-refractivity contribution in [1.82, 2.24) is 14.7 Å². The molecule has 1 N–H and O–H groups in total. The molecule has 2 rings (SSSR count). The Morgan fingerprint density at radius 1 is 1.33 bits per heavy atom.